The van der Waals surface area contributed by atoms with Gasteiger partial charge in [-0.15, -0.1) is 0 Å². The maximum absolute atomic E-state index is 5.97. The van der Waals surface area contributed by atoms with E-state index in [0.29, 0.717) is 0 Å². The highest BCUT2D eigenvalue weighted by molar-refractivity contribution is 6.30. The second kappa shape index (κ2) is 8.80. The molecule has 3 rings (SSSR count). The van der Waals surface area contributed by atoms with Gasteiger partial charge in [-0.2, -0.15) is 0 Å². The lowest BCUT2D eigenvalue weighted by Crippen LogP contribution is -2.19. The average Bonchev–Trinajstić information content (AvgIpc) is 2.65. The van der Waals surface area contributed by atoms with Gasteiger partial charge in [0.2, 0.25) is 0 Å². The van der Waals surface area contributed by atoms with Crippen LogP contribution in [-0.4, -0.2) is 9.97 Å². The summed E-state index contributed by atoms with van der Waals surface area (Å²) >= 11 is 5.97. The number of nitrogens with zero attached hydrogens (tertiary/aromatic N) is 2. The zero-order valence-corrected chi connectivity index (χ0v) is 16.2. The Morgan fingerprint density at radius 1 is 1.20 bits per heavy atom. The summed E-state index contributed by atoms with van der Waals surface area (Å²) in [5.41, 5.74) is 3.65. The molecular weight excluding hydrogens is 328 g/mol. The van der Waals surface area contributed by atoms with E-state index >= 15 is 0 Å². The molecule has 0 radical (unpaired) electrons. The second-order valence-corrected chi connectivity index (χ2v) is 7.87. The first-order valence-corrected chi connectivity index (χ1v) is 10.2. The molecule has 0 N–H and O–H groups in total. The van der Waals surface area contributed by atoms with Gasteiger partial charge in [-0.25, -0.2) is 9.97 Å². The number of aryl methyl sites for hydroxylation is 1. The van der Waals surface area contributed by atoms with Crippen molar-refractivity contribution in [1.29, 1.82) is 0 Å². The first-order valence-electron chi connectivity index (χ1n) is 9.80. The molecule has 2 atom stereocenters. The van der Waals surface area contributed by atoms with Crippen LogP contribution in [0, 0.1) is 11.8 Å². The molecule has 0 saturated carbocycles. The molecule has 0 fully saturated rings. The van der Waals surface area contributed by atoms with Gasteiger partial charge in [0.05, 0.1) is 0 Å². The number of hydrogen-bond donors (Lipinski definition) is 0. The summed E-state index contributed by atoms with van der Waals surface area (Å²) in [7, 11) is 0. The SMILES string of the molecule is CCCCC(CC)CC1CCc2nc(-c3ccc(Cl)cc3)ncc2C1. The monoisotopic (exact) mass is 356 g/mol. The molecule has 2 nitrogen and oxygen atoms in total. The molecule has 1 aliphatic carbocycles. The van der Waals surface area contributed by atoms with Crippen molar-refractivity contribution < 1.29 is 0 Å². The minimum atomic E-state index is 0.748. The van der Waals surface area contributed by atoms with E-state index in [1.807, 2.05) is 24.3 Å². The summed E-state index contributed by atoms with van der Waals surface area (Å²) < 4.78 is 0. The van der Waals surface area contributed by atoms with E-state index in [-0.39, 0.29) is 0 Å². The Morgan fingerprint density at radius 2 is 2.00 bits per heavy atom. The highest BCUT2D eigenvalue weighted by atomic mass is 35.5. The minimum absolute atomic E-state index is 0.748. The van der Waals surface area contributed by atoms with Gasteiger partial charge in [0.1, 0.15) is 0 Å². The van der Waals surface area contributed by atoms with Gasteiger partial charge in [0.25, 0.3) is 0 Å². The number of hydrogen-bond acceptors (Lipinski definition) is 2. The third kappa shape index (κ3) is 4.82. The lowest BCUT2D eigenvalue weighted by atomic mass is 9.79. The fraction of sp³-hybridized carbons (Fsp3) is 0.545. The van der Waals surface area contributed by atoms with Gasteiger partial charge in [-0.05, 0) is 67.3 Å². The van der Waals surface area contributed by atoms with Crippen molar-refractivity contribution >= 4 is 11.6 Å². The van der Waals surface area contributed by atoms with E-state index in [9.17, 15) is 0 Å². The highest BCUT2D eigenvalue weighted by Crippen LogP contribution is 2.32. The Morgan fingerprint density at radius 3 is 2.72 bits per heavy atom. The molecule has 1 aliphatic rings. The molecular formula is C22H29ClN2. The number of halogens is 1. The van der Waals surface area contributed by atoms with E-state index < -0.39 is 0 Å². The highest BCUT2D eigenvalue weighted by Gasteiger charge is 2.23. The van der Waals surface area contributed by atoms with Crippen LogP contribution in [0.1, 0.15) is 63.6 Å². The summed E-state index contributed by atoms with van der Waals surface area (Å²) in [4.78, 5) is 9.46. The van der Waals surface area contributed by atoms with Crippen molar-refractivity contribution in [2.45, 2.75) is 65.2 Å². The molecule has 0 spiro atoms. The van der Waals surface area contributed by atoms with Crippen molar-refractivity contribution in [3.05, 3.63) is 46.7 Å². The van der Waals surface area contributed by atoms with Crippen molar-refractivity contribution in [3.63, 3.8) is 0 Å². The fourth-order valence-corrected chi connectivity index (χ4v) is 4.10. The maximum Gasteiger partial charge on any atom is 0.159 e. The van der Waals surface area contributed by atoms with Crippen LogP contribution >= 0.6 is 11.6 Å². The van der Waals surface area contributed by atoms with Crippen LogP contribution in [0.5, 0.6) is 0 Å². The van der Waals surface area contributed by atoms with Crippen LogP contribution < -0.4 is 0 Å². The van der Waals surface area contributed by atoms with Crippen LogP contribution in [0.15, 0.2) is 30.5 Å². The third-order valence-electron chi connectivity index (χ3n) is 5.56. The zero-order chi connectivity index (χ0) is 17.6. The molecule has 134 valence electrons. The van der Waals surface area contributed by atoms with E-state index in [0.717, 1.165) is 41.1 Å². The van der Waals surface area contributed by atoms with E-state index in [1.165, 1.54) is 49.8 Å². The number of unbranched alkanes of at least 4 members (excludes halogenated alkanes) is 1. The van der Waals surface area contributed by atoms with E-state index in [2.05, 4.69) is 25.0 Å². The standard InChI is InChI=1S/C22H29ClN2/c1-3-5-6-16(4-2)13-17-7-12-21-19(14-17)15-24-22(25-21)18-8-10-20(23)11-9-18/h8-11,15-17H,3-7,12-14H2,1-2H3. The molecule has 3 heteroatoms. The number of fused-ring (bicyclic) bond motifs is 1. The normalized spacial score (nSPS) is 18.0. The number of rotatable bonds is 7. The largest absolute Gasteiger partial charge is 0.236 e. The Bertz CT molecular complexity index is 681. The van der Waals surface area contributed by atoms with Crippen LogP contribution in [0.25, 0.3) is 11.4 Å². The van der Waals surface area contributed by atoms with Gasteiger partial charge in [0, 0.05) is 22.5 Å². The van der Waals surface area contributed by atoms with Crippen LogP contribution in [0.4, 0.5) is 0 Å². The first kappa shape index (κ1) is 18.4. The zero-order valence-electron chi connectivity index (χ0n) is 15.5. The molecule has 1 aromatic heterocycles. The minimum Gasteiger partial charge on any atom is -0.236 e. The van der Waals surface area contributed by atoms with Crippen molar-refractivity contribution in [3.8, 4) is 11.4 Å². The van der Waals surface area contributed by atoms with Crippen LogP contribution in [0.3, 0.4) is 0 Å². The van der Waals surface area contributed by atoms with Crippen molar-refractivity contribution in [1.82, 2.24) is 9.97 Å². The summed E-state index contributed by atoms with van der Waals surface area (Å²) in [6.07, 6.45) is 12.3. The smallest absolute Gasteiger partial charge is 0.159 e. The number of benzene rings is 1. The first-order chi connectivity index (χ1) is 12.2. The Labute approximate surface area is 157 Å². The molecule has 0 amide bonds. The molecule has 1 heterocycles. The summed E-state index contributed by atoms with van der Waals surface area (Å²) in [5, 5.41) is 0.748. The topological polar surface area (TPSA) is 25.8 Å². The maximum atomic E-state index is 5.97. The summed E-state index contributed by atoms with van der Waals surface area (Å²) in [6.45, 7) is 4.64. The van der Waals surface area contributed by atoms with E-state index in [1.54, 1.807) is 0 Å². The van der Waals surface area contributed by atoms with Gasteiger partial charge in [-0.1, -0.05) is 51.1 Å². The molecule has 0 aliphatic heterocycles. The molecule has 0 saturated heterocycles. The summed E-state index contributed by atoms with van der Waals surface area (Å²) in [6, 6.07) is 7.79. The molecule has 2 aromatic rings. The van der Waals surface area contributed by atoms with Gasteiger partial charge >= 0.3 is 0 Å². The van der Waals surface area contributed by atoms with Gasteiger partial charge in [0.15, 0.2) is 5.82 Å². The van der Waals surface area contributed by atoms with Crippen LogP contribution in [-0.2, 0) is 12.8 Å². The third-order valence-corrected chi connectivity index (χ3v) is 5.82. The summed E-state index contributed by atoms with van der Waals surface area (Å²) in [5.74, 6) is 2.52. The lowest BCUT2D eigenvalue weighted by Gasteiger charge is -2.27. The molecule has 0 bridgehead atoms. The lowest BCUT2D eigenvalue weighted by molar-refractivity contribution is 0.311. The quantitative estimate of drug-likeness (QED) is 0.565. The van der Waals surface area contributed by atoms with Crippen molar-refractivity contribution in [2.75, 3.05) is 0 Å². The van der Waals surface area contributed by atoms with E-state index in [4.69, 9.17) is 16.6 Å². The van der Waals surface area contributed by atoms with Crippen LogP contribution in [0.2, 0.25) is 5.02 Å². The van der Waals surface area contributed by atoms with Crippen molar-refractivity contribution in [2.24, 2.45) is 11.8 Å². The Balaban J connectivity index is 1.67. The molecule has 1 aromatic carbocycles. The van der Waals surface area contributed by atoms with Gasteiger partial charge < -0.3 is 0 Å². The Kier molecular flexibility index (Phi) is 6.47. The molecule has 2 unspecified atom stereocenters. The Hall–Kier alpha value is -1.41. The average molecular weight is 357 g/mol. The predicted octanol–water partition coefficient (Wildman–Crippen LogP) is 6.51. The predicted molar refractivity (Wildman–Crippen MR) is 106 cm³/mol. The number of aromatic nitrogens is 2. The van der Waals surface area contributed by atoms with Gasteiger partial charge in [-0.3, -0.25) is 0 Å². The second-order valence-electron chi connectivity index (χ2n) is 7.43. The molecule has 25 heavy (non-hydrogen) atoms. The fourth-order valence-electron chi connectivity index (χ4n) is 3.98.